The Morgan fingerprint density at radius 3 is 1.00 bits per heavy atom. The highest BCUT2D eigenvalue weighted by atomic mass is 16.6. The molecule has 0 aromatic carbocycles. The molecule has 0 aliphatic rings. The number of rotatable bonds is 50. The summed E-state index contributed by atoms with van der Waals surface area (Å²) in [7, 11) is 0. The van der Waals surface area contributed by atoms with Gasteiger partial charge in [-0.05, 0) is 70.6 Å². The van der Waals surface area contributed by atoms with Crippen molar-refractivity contribution in [1.82, 2.24) is 0 Å². The van der Waals surface area contributed by atoms with E-state index in [1.54, 1.807) is 0 Å². The first-order valence-corrected chi connectivity index (χ1v) is 27.8. The Labute approximate surface area is 402 Å². The minimum Gasteiger partial charge on any atom is -0.462 e. The second kappa shape index (κ2) is 53.7. The highest BCUT2D eigenvalue weighted by molar-refractivity contribution is 5.71. The van der Waals surface area contributed by atoms with Crippen LogP contribution in [0.1, 0.15) is 278 Å². The average molecular weight is 909 g/mol. The second-order valence-corrected chi connectivity index (χ2v) is 18.5. The fraction of sp³-hybridized carbons (Fsp3) is 0.780. The lowest BCUT2D eigenvalue weighted by molar-refractivity contribution is -0.166. The Balaban J connectivity index is 4.47. The summed E-state index contributed by atoms with van der Waals surface area (Å²) in [6.07, 6.45) is 66.6. The van der Waals surface area contributed by atoms with E-state index in [2.05, 4.69) is 75.5 Å². The first-order valence-electron chi connectivity index (χ1n) is 27.8. The quantitative estimate of drug-likeness (QED) is 0.0262. The number of unbranched alkanes of at least 4 members (excludes halogenated alkanes) is 29. The van der Waals surface area contributed by atoms with Gasteiger partial charge in [-0.1, -0.05) is 248 Å². The van der Waals surface area contributed by atoms with Gasteiger partial charge in [-0.2, -0.15) is 0 Å². The van der Waals surface area contributed by atoms with Crippen LogP contribution in [-0.4, -0.2) is 37.2 Å². The van der Waals surface area contributed by atoms with Crippen molar-refractivity contribution in [1.29, 1.82) is 0 Å². The van der Waals surface area contributed by atoms with Gasteiger partial charge in [-0.15, -0.1) is 0 Å². The van der Waals surface area contributed by atoms with E-state index in [1.807, 2.05) is 6.08 Å². The summed E-state index contributed by atoms with van der Waals surface area (Å²) >= 11 is 0. The number of allylic oxidation sites excluding steroid dienone is 10. The highest BCUT2D eigenvalue weighted by Crippen LogP contribution is 2.15. The lowest BCUT2D eigenvalue weighted by Gasteiger charge is -2.18. The van der Waals surface area contributed by atoms with E-state index in [0.29, 0.717) is 19.3 Å². The van der Waals surface area contributed by atoms with Gasteiger partial charge in [0.05, 0.1) is 0 Å². The van der Waals surface area contributed by atoms with E-state index in [4.69, 9.17) is 14.2 Å². The molecule has 0 bridgehead atoms. The van der Waals surface area contributed by atoms with Crippen LogP contribution >= 0.6 is 0 Å². The molecule has 376 valence electrons. The fourth-order valence-corrected chi connectivity index (χ4v) is 7.81. The van der Waals surface area contributed by atoms with Crippen molar-refractivity contribution in [3.8, 4) is 0 Å². The van der Waals surface area contributed by atoms with E-state index < -0.39 is 6.10 Å². The predicted molar refractivity (Wildman–Crippen MR) is 279 cm³/mol. The van der Waals surface area contributed by atoms with Crippen LogP contribution in [0.15, 0.2) is 60.8 Å². The van der Waals surface area contributed by atoms with Crippen LogP contribution in [0.25, 0.3) is 0 Å². The van der Waals surface area contributed by atoms with Crippen LogP contribution in [0, 0.1) is 0 Å². The molecule has 0 aliphatic carbocycles. The minimum absolute atomic E-state index is 0.115. The molecule has 0 fully saturated rings. The summed E-state index contributed by atoms with van der Waals surface area (Å²) in [5, 5.41) is 0. The van der Waals surface area contributed by atoms with Gasteiger partial charge in [-0.25, -0.2) is 0 Å². The van der Waals surface area contributed by atoms with Gasteiger partial charge in [0.25, 0.3) is 0 Å². The fourth-order valence-electron chi connectivity index (χ4n) is 7.81. The lowest BCUT2D eigenvalue weighted by atomic mass is 10.0. The van der Waals surface area contributed by atoms with Gasteiger partial charge in [-0.3, -0.25) is 14.4 Å². The average Bonchev–Trinajstić information content (AvgIpc) is 3.30. The Morgan fingerprint density at radius 2 is 0.600 bits per heavy atom. The van der Waals surface area contributed by atoms with Crippen molar-refractivity contribution in [2.75, 3.05) is 13.2 Å². The molecule has 1 atom stereocenters. The van der Waals surface area contributed by atoms with E-state index >= 15 is 0 Å². The van der Waals surface area contributed by atoms with Crippen molar-refractivity contribution in [2.45, 2.75) is 284 Å². The molecule has 0 N–H and O–H groups in total. The van der Waals surface area contributed by atoms with Crippen LogP contribution in [0.2, 0.25) is 0 Å². The summed E-state index contributed by atoms with van der Waals surface area (Å²) in [5.74, 6) is -1.02. The zero-order valence-electron chi connectivity index (χ0n) is 43.0. The molecule has 0 spiro atoms. The second-order valence-electron chi connectivity index (χ2n) is 18.5. The summed E-state index contributed by atoms with van der Waals surface area (Å²) in [5.41, 5.74) is 0. The van der Waals surface area contributed by atoms with Gasteiger partial charge in [0, 0.05) is 19.3 Å². The van der Waals surface area contributed by atoms with Gasteiger partial charge < -0.3 is 14.2 Å². The largest absolute Gasteiger partial charge is 0.462 e. The molecule has 6 nitrogen and oxygen atoms in total. The van der Waals surface area contributed by atoms with Crippen LogP contribution < -0.4 is 0 Å². The number of carbonyl (C=O) groups is 3. The van der Waals surface area contributed by atoms with Gasteiger partial charge in [0.2, 0.25) is 0 Å². The summed E-state index contributed by atoms with van der Waals surface area (Å²) in [6, 6.07) is 0. The maximum Gasteiger partial charge on any atom is 0.306 e. The number of ether oxygens (including phenoxy) is 3. The zero-order chi connectivity index (χ0) is 47.2. The monoisotopic (exact) mass is 909 g/mol. The summed E-state index contributed by atoms with van der Waals surface area (Å²) in [4.78, 5) is 38.0. The normalized spacial score (nSPS) is 12.5. The molecule has 0 radical (unpaired) electrons. The first-order chi connectivity index (χ1) is 32.0. The molecule has 0 saturated heterocycles. The van der Waals surface area contributed by atoms with Crippen LogP contribution in [-0.2, 0) is 28.6 Å². The predicted octanol–water partition coefficient (Wildman–Crippen LogP) is 18.4. The molecule has 0 aromatic heterocycles. The van der Waals surface area contributed by atoms with Crippen LogP contribution in [0.3, 0.4) is 0 Å². The molecule has 0 rings (SSSR count). The highest BCUT2D eigenvalue weighted by Gasteiger charge is 2.19. The Kier molecular flexibility index (Phi) is 51.3. The molecule has 0 aromatic rings. The number of hydrogen-bond acceptors (Lipinski definition) is 6. The van der Waals surface area contributed by atoms with E-state index in [-0.39, 0.29) is 44.0 Å². The van der Waals surface area contributed by atoms with Crippen LogP contribution in [0.4, 0.5) is 0 Å². The maximum absolute atomic E-state index is 12.8. The molecule has 0 heterocycles. The molecule has 0 aliphatic heterocycles. The Hall–Kier alpha value is -2.89. The molecule has 65 heavy (non-hydrogen) atoms. The molecule has 1 unspecified atom stereocenters. The molecular formula is C59H104O6. The summed E-state index contributed by atoms with van der Waals surface area (Å²) in [6.45, 7) is 6.55. The number of carbonyl (C=O) groups excluding carboxylic acids is 3. The van der Waals surface area contributed by atoms with Gasteiger partial charge in [0.1, 0.15) is 13.2 Å². The third-order valence-corrected chi connectivity index (χ3v) is 12.0. The third-order valence-electron chi connectivity index (χ3n) is 12.0. The Bertz CT molecular complexity index is 1180. The van der Waals surface area contributed by atoms with Gasteiger partial charge >= 0.3 is 17.9 Å². The SMILES string of the molecule is CCCCCCCC/C=C\C/C=C\C/C=C\CCCC(=O)OCC(COC(=O)CC/C=C\C/C=C\CCCCCCCC)OC(=O)CCCCCCCCCCCCCCCCCCC. The van der Waals surface area contributed by atoms with Crippen molar-refractivity contribution >= 4 is 17.9 Å². The lowest BCUT2D eigenvalue weighted by Crippen LogP contribution is -2.30. The first kappa shape index (κ1) is 62.1. The maximum atomic E-state index is 12.8. The van der Waals surface area contributed by atoms with Crippen molar-refractivity contribution in [3.05, 3.63) is 60.8 Å². The van der Waals surface area contributed by atoms with Crippen molar-refractivity contribution in [3.63, 3.8) is 0 Å². The smallest absolute Gasteiger partial charge is 0.306 e. The van der Waals surface area contributed by atoms with Gasteiger partial charge in [0.15, 0.2) is 6.10 Å². The van der Waals surface area contributed by atoms with Crippen molar-refractivity contribution in [2.24, 2.45) is 0 Å². The molecule has 0 amide bonds. The number of hydrogen-bond donors (Lipinski definition) is 0. The van der Waals surface area contributed by atoms with E-state index in [9.17, 15) is 14.4 Å². The summed E-state index contributed by atoms with van der Waals surface area (Å²) < 4.78 is 16.7. The molecule has 6 heteroatoms. The third kappa shape index (κ3) is 51.9. The molecule has 0 saturated carbocycles. The minimum atomic E-state index is -0.814. The number of esters is 3. The zero-order valence-corrected chi connectivity index (χ0v) is 43.0. The van der Waals surface area contributed by atoms with E-state index in [1.165, 1.54) is 173 Å². The molecular weight excluding hydrogens is 805 g/mol. The topological polar surface area (TPSA) is 78.9 Å². The Morgan fingerprint density at radius 1 is 0.308 bits per heavy atom. The van der Waals surface area contributed by atoms with E-state index in [0.717, 1.165) is 51.4 Å². The van der Waals surface area contributed by atoms with Crippen LogP contribution in [0.5, 0.6) is 0 Å². The van der Waals surface area contributed by atoms with Crippen molar-refractivity contribution < 1.29 is 28.6 Å². The standard InChI is InChI=1S/C59H104O6/c1-4-7-10-13-16-19-22-25-27-29-31-34-37-40-43-46-49-52-58(61)64-55-56(54-63-57(60)51-48-45-42-39-36-33-24-21-18-15-12-9-6-3)65-59(62)53-50-47-44-41-38-35-32-30-28-26-23-20-17-14-11-8-5-2/h25,27,31,33-34,36,40,42-43,45,56H,4-24,26,28-30,32,35,37-39,41,44,46-55H2,1-3H3/b27-25-,34-31-,36-33-,43-40-,45-42-.